The van der Waals surface area contributed by atoms with E-state index in [1.54, 1.807) is 24.3 Å². The number of rotatable bonds is 9. The normalized spacial score (nSPS) is 15.0. The van der Waals surface area contributed by atoms with E-state index in [1.807, 2.05) is 13.0 Å². The molecule has 35 heavy (non-hydrogen) atoms. The number of anilines is 1. The number of aryl methyl sites for hydroxylation is 1. The first-order valence-corrected chi connectivity index (χ1v) is 11.2. The van der Waals surface area contributed by atoms with Crippen molar-refractivity contribution < 1.29 is 24.2 Å². The molecule has 10 heteroatoms. The number of nitrogens with one attached hydrogen (secondary N) is 1. The molecule has 0 saturated heterocycles. The third-order valence-corrected chi connectivity index (χ3v) is 5.87. The SMILES string of the molecule is COc1cccc(-c2cc(F)ccc2C2C=C(NOCC(CO)CO)c3c(C)nc(N)nc3C2)n1. The van der Waals surface area contributed by atoms with E-state index in [-0.39, 0.29) is 37.5 Å². The van der Waals surface area contributed by atoms with Crippen molar-refractivity contribution in [1.29, 1.82) is 0 Å². The predicted molar refractivity (Wildman–Crippen MR) is 129 cm³/mol. The smallest absolute Gasteiger partial charge is 0.220 e. The number of nitrogens with two attached hydrogens (primary N) is 1. The zero-order valence-corrected chi connectivity index (χ0v) is 19.5. The summed E-state index contributed by atoms with van der Waals surface area (Å²) in [7, 11) is 1.53. The zero-order chi connectivity index (χ0) is 24.9. The van der Waals surface area contributed by atoms with Crippen LogP contribution in [-0.2, 0) is 11.3 Å². The molecule has 9 nitrogen and oxygen atoms in total. The van der Waals surface area contributed by atoms with Gasteiger partial charge in [0, 0.05) is 35.4 Å². The molecule has 1 aliphatic rings. The van der Waals surface area contributed by atoms with Crippen LogP contribution < -0.4 is 16.0 Å². The predicted octanol–water partition coefficient (Wildman–Crippen LogP) is 2.38. The lowest BCUT2D eigenvalue weighted by atomic mass is 9.83. The molecule has 1 unspecified atom stereocenters. The number of aliphatic hydroxyl groups is 2. The van der Waals surface area contributed by atoms with E-state index >= 15 is 0 Å². The summed E-state index contributed by atoms with van der Waals surface area (Å²) in [5, 5.41) is 18.6. The Hall–Kier alpha value is -3.60. The Morgan fingerprint density at radius 2 is 1.97 bits per heavy atom. The highest BCUT2D eigenvalue weighted by atomic mass is 19.1. The van der Waals surface area contributed by atoms with Gasteiger partial charge in [0.05, 0.1) is 49.7 Å². The monoisotopic (exact) mass is 481 g/mol. The number of hydroxylamine groups is 1. The van der Waals surface area contributed by atoms with Gasteiger partial charge in [-0.3, -0.25) is 10.3 Å². The molecule has 0 bridgehead atoms. The average Bonchev–Trinajstić information content (AvgIpc) is 2.86. The summed E-state index contributed by atoms with van der Waals surface area (Å²) in [6.45, 7) is 1.51. The second-order valence-electron chi connectivity index (χ2n) is 8.32. The van der Waals surface area contributed by atoms with E-state index in [0.717, 1.165) is 16.8 Å². The quantitative estimate of drug-likeness (QED) is 0.340. The number of aliphatic hydroxyl groups excluding tert-OH is 2. The number of allylic oxidation sites excluding steroid dienone is 1. The molecule has 0 amide bonds. The maximum absolute atomic E-state index is 14.3. The van der Waals surface area contributed by atoms with Crippen LogP contribution in [0.2, 0.25) is 0 Å². The lowest BCUT2D eigenvalue weighted by Crippen LogP contribution is -2.26. The van der Waals surface area contributed by atoms with Crippen molar-refractivity contribution in [2.45, 2.75) is 19.3 Å². The Labute approximate surface area is 202 Å². The first-order chi connectivity index (χ1) is 16.9. The molecule has 2 aromatic heterocycles. The van der Waals surface area contributed by atoms with Gasteiger partial charge in [-0.05, 0) is 30.7 Å². The number of nitrogen functional groups attached to an aromatic ring is 1. The second kappa shape index (κ2) is 10.8. The van der Waals surface area contributed by atoms with E-state index in [0.29, 0.717) is 34.9 Å². The number of nitrogens with zero attached hydrogens (tertiary/aromatic N) is 3. The molecule has 3 aromatic rings. The zero-order valence-electron chi connectivity index (χ0n) is 19.5. The van der Waals surface area contributed by atoms with E-state index in [2.05, 4.69) is 20.4 Å². The Balaban J connectivity index is 1.76. The summed E-state index contributed by atoms with van der Waals surface area (Å²) in [5.41, 5.74) is 13.7. The van der Waals surface area contributed by atoms with Crippen LogP contribution in [0.25, 0.3) is 17.0 Å². The second-order valence-corrected chi connectivity index (χ2v) is 8.32. The van der Waals surface area contributed by atoms with Crippen molar-refractivity contribution in [3.63, 3.8) is 0 Å². The van der Waals surface area contributed by atoms with Crippen molar-refractivity contribution >= 4 is 11.6 Å². The highest BCUT2D eigenvalue weighted by Crippen LogP contribution is 2.38. The Kier molecular flexibility index (Phi) is 7.54. The number of ether oxygens (including phenoxy) is 1. The van der Waals surface area contributed by atoms with E-state index in [4.69, 9.17) is 15.3 Å². The molecule has 1 aliphatic carbocycles. The summed E-state index contributed by atoms with van der Waals surface area (Å²) >= 11 is 0. The van der Waals surface area contributed by atoms with Gasteiger partial charge in [-0.25, -0.2) is 19.3 Å². The van der Waals surface area contributed by atoms with E-state index < -0.39 is 5.92 Å². The Bertz CT molecular complexity index is 1230. The number of benzene rings is 1. The number of fused-ring (bicyclic) bond motifs is 1. The van der Waals surface area contributed by atoms with Gasteiger partial charge in [0.2, 0.25) is 11.8 Å². The van der Waals surface area contributed by atoms with Crippen molar-refractivity contribution in [2.75, 3.05) is 32.7 Å². The number of halogens is 1. The molecule has 184 valence electrons. The van der Waals surface area contributed by atoms with Crippen molar-refractivity contribution in [1.82, 2.24) is 20.4 Å². The first-order valence-electron chi connectivity index (χ1n) is 11.2. The van der Waals surface area contributed by atoms with Crippen LogP contribution in [-0.4, -0.2) is 52.1 Å². The van der Waals surface area contributed by atoms with Crippen LogP contribution >= 0.6 is 0 Å². The third kappa shape index (κ3) is 5.40. The summed E-state index contributed by atoms with van der Waals surface area (Å²) in [5.74, 6) is -0.421. The van der Waals surface area contributed by atoms with Gasteiger partial charge >= 0.3 is 0 Å². The van der Waals surface area contributed by atoms with Crippen LogP contribution in [0.5, 0.6) is 5.88 Å². The number of pyridine rings is 1. The number of hydrogen-bond acceptors (Lipinski definition) is 9. The van der Waals surface area contributed by atoms with Crippen LogP contribution in [0.1, 0.15) is 28.4 Å². The third-order valence-electron chi connectivity index (χ3n) is 5.87. The van der Waals surface area contributed by atoms with Gasteiger partial charge in [-0.2, -0.15) is 0 Å². The van der Waals surface area contributed by atoms with Gasteiger partial charge in [0.25, 0.3) is 0 Å². The molecule has 0 spiro atoms. The van der Waals surface area contributed by atoms with Crippen LogP contribution in [0.3, 0.4) is 0 Å². The minimum Gasteiger partial charge on any atom is -0.481 e. The molecule has 4 rings (SSSR count). The summed E-state index contributed by atoms with van der Waals surface area (Å²) < 4.78 is 19.6. The fourth-order valence-electron chi connectivity index (χ4n) is 4.14. The average molecular weight is 482 g/mol. The number of methoxy groups -OCH3 is 1. The maximum Gasteiger partial charge on any atom is 0.220 e. The van der Waals surface area contributed by atoms with Crippen LogP contribution in [0.4, 0.5) is 10.3 Å². The van der Waals surface area contributed by atoms with Crippen molar-refractivity contribution in [2.24, 2.45) is 5.92 Å². The fraction of sp³-hybridized carbons (Fsp3) is 0.320. The molecule has 5 N–H and O–H groups in total. The standard InChI is InChI=1S/C25H28FN5O4/c1-14-24-21(30-25(27)28-14)8-16(9-22(24)31-35-13-15(11-32)12-33)18-7-6-17(26)10-19(18)20-4-3-5-23(29-20)34-2/h3-7,9-10,15-16,31-33H,8,11-13H2,1-2H3,(H2,27,28,30). The van der Waals surface area contributed by atoms with Crippen LogP contribution in [0, 0.1) is 18.7 Å². The van der Waals surface area contributed by atoms with E-state index in [9.17, 15) is 14.6 Å². The van der Waals surface area contributed by atoms with Crippen LogP contribution in [0.15, 0.2) is 42.5 Å². The molecule has 0 radical (unpaired) electrons. The summed E-state index contributed by atoms with van der Waals surface area (Å²) in [6.07, 6.45) is 2.48. The molecule has 0 fully saturated rings. The van der Waals surface area contributed by atoms with Gasteiger partial charge in [-0.15, -0.1) is 0 Å². The maximum atomic E-state index is 14.3. The van der Waals surface area contributed by atoms with Crippen molar-refractivity contribution in [3.05, 3.63) is 70.8 Å². The highest BCUT2D eigenvalue weighted by Gasteiger charge is 2.27. The summed E-state index contributed by atoms with van der Waals surface area (Å²) in [4.78, 5) is 18.8. The van der Waals surface area contributed by atoms with Gasteiger partial charge < -0.3 is 20.7 Å². The summed E-state index contributed by atoms with van der Waals surface area (Å²) in [6, 6.07) is 9.94. The largest absolute Gasteiger partial charge is 0.481 e. The molecule has 0 saturated carbocycles. The molecule has 0 aliphatic heterocycles. The van der Waals surface area contributed by atoms with Gasteiger partial charge in [-0.1, -0.05) is 18.2 Å². The van der Waals surface area contributed by atoms with Gasteiger partial charge in [0.15, 0.2) is 0 Å². The Morgan fingerprint density at radius 3 is 2.71 bits per heavy atom. The molecule has 2 heterocycles. The van der Waals surface area contributed by atoms with E-state index in [1.165, 1.54) is 19.2 Å². The Morgan fingerprint density at radius 1 is 1.17 bits per heavy atom. The van der Waals surface area contributed by atoms with Crippen molar-refractivity contribution in [3.8, 4) is 17.1 Å². The molecular weight excluding hydrogens is 453 g/mol. The fourth-order valence-corrected chi connectivity index (χ4v) is 4.14. The lowest BCUT2D eigenvalue weighted by Gasteiger charge is -2.27. The number of hydrogen-bond donors (Lipinski definition) is 4. The molecule has 1 aromatic carbocycles. The minimum absolute atomic E-state index is 0.0920. The molecule has 1 atom stereocenters. The van der Waals surface area contributed by atoms with Gasteiger partial charge in [0.1, 0.15) is 5.82 Å². The lowest BCUT2D eigenvalue weighted by molar-refractivity contribution is 0.0123. The highest BCUT2D eigenvalue weighted by molar-refractivity contribution is 5.73. The minimum atomic E-state index is -0.423. The number of aromatic nitrogens is 3. The topological polar surface area (TPSA) is 136 Å². The molecular formula is C25H28FN5O4. The first kappa shape index (κ1) is 24.5.